The first kappa shape index (κ1) is 14.3. The molecule has 0 atom stereocenters. The van der Waals surface area contributed by atoms with Gasteiger partial charge >= 0.3 is 0 Å². The number of aryl methyl sites for hydroxylation is 1. The first-order chi connectivity index (χ1) is 11.4. The van der Waals surface area contributed by atoms with Gasteiger partial charge in [-0.15, -0.1) is 0 Å². The standard InChI is InChI=1S/C18H22N4O/c1-23-17-8-3-2-7-16(17)21-9-11-22(12-10-21)18-14-5-4-6-15(14)19-13-20-18/h2-3,7-8,13H,4-6,9-12H2,1H3. The summed E-state index contributed by atoms with van der Waals surface area (Å²) in [5.41, 5.74) is 3.81. The van der Waals surface area contributed by atoms with E-state index in [0.717, 1.165) is 50.6 Å². The fourth-order valence-corrected chi connectivity index (χ4v) is 3.66. The summed E-state index contributed by atoms with van der Waals surface area (Å²) in [5.74, 6) is 2.11. The normalized spacial score (nSPS) is 17.3. The summed E-state index contributed by atoms with van der Waals surface area (Å²) in [6.07, 6.45) is 5.17. The number of fused-ring (bicyclic) bond motifs is 1. The third-order valence-corrected chi connectivity index (χ3v) is 4.86. The molecule has 1 aromatic carbocycles. The van der Waals surface area contributed by atoms with Crippen molar-refractivity contribution in [3.8, 4) is 5.75 Å². The van der Waals surface area contributed by atoms with E-state index in [2.05, 4.69) is 31.9 Å². The van der Waals surface area contributed by atoms with Gasteiger partial charge in [0, 0.05) is 37.4 Å². The molecule has 1 fully saturated rings. The molecule has 0 N–H and O–H groups in total. The van der Waals surface area contributed by atoms with Crippen LogP contribution in [0, 0.1) is 0 Å². The molecule has 0 radical (unpaired) electrons. The molecule has 5 heteroatoms. The zero-order valence-electron chi connectivity index (χ0n) is 13.5. The van der Waals surface area contributed by atoms with Crippen LogP contribution in [0.3, 0.4) is 0 Å². The van der Waals surface area contributed by atoms with Gasteiger partial charge in [-0.3, -0.25) is 0 Å². The number of hydrogen-bond donors (Lipinski definition) is 0. The summed E-state index contributed by atoms with van der Waals surface area (Å²) in [5, 5.41) is 0. The van der Waals surface area contributed by atoms with Crippen molar-refractivity contribution in [3.63, 3.8) is 0 Å². The Morgan fingerprint density at radius 3 is 2.57 bits per heavy atom. The first-order valence-electron chi connectivity index (χ1n) is 8.32. The fourth-order valence-electron chi connectivity index (χ4n) is 3.66. The van der Waals surface area contributed by atoms with Gasteiger partial charge in [0.25, 0.3) is 0 Å². The van der Waals surface area contributed by atoms with Crippen molar-refractivity contribution >= 4 is 11.5 Å². The zero-order chi connectivity index (χ0) is 15.6. The maximum atomic E-state index is 5.49. The number of ether oxygens (including phenoxy) is 1. The first-order valence-corrected chi connectivity index (χ1v) is 8.32. The molecule has 1 aliphatic heterocycles. The molecule has 5 nitrogen and oxygen atoms in total. The van der Waals surface area contributed by atoms with Crippen molar-refractivity contribution in [2.24, 2.45) is 0 Å². The molecule has 0 spiro atoms. The summed E-state index contributed by atoms with van der Waals surface area (Å²) in [6, 6.07) is 8.25. The highest BCUT2D eigenvalue weighted by atomic mass is 16.5. The van der Waals surface area contributed by atoms with E-state index in [9.17, 15) is 0 Å². The lowest BCUT2D eigenvalue weighted by Gasteiger charge is -2.37. The summed E-state index contributed by atoms with van der Waals surface area (Å²) < 4.78 is 5.49. The number of hydrogen-bond acceptors (Lipinski definition) is 5. The van der Waals surface area contributed by atoms with Crippen molar-refractivity contribution in [2.75, 3.05) is 43.1 Å². The van der Waals surface area contributed by atoms with Gasteiger partial charge in [0.1, 0.15) is 17.9 Å². The number of para-hydroxylation sites is 2. The molecule has 0 amide bonds. The summed E-state index contributed by atoms with van der Waals surface area (Å²) in [4.78, 5) is 13.8. The van der Waals surface area contributed by atoms with Gasteiger partial charge in [-0.25, -0.2) is 9.97 Å². The van der Waals surface area contributed by atoms with Gasteiger partial charge in [-0.05, 0) is 31.4 Å². The SMILES string of the molecule is COc1ccccc1N1CCN(c2ncnc3c2CCC3)CC1. The molecule has 0 saturated carbocycles. The largest absolute Gasteiger partial charge is 0.495 e. The minimum absolute atomic E-state index is 0.948. The predicted molar refractivity (Wildman–Crippen MR) is 91.5 cm³/mol. The Kier molecular flexibility index (Phi) is 3.77. The van der Waals surface area contributed by atoms with Crippen molar-refractivity contribution in [3.05, 3.63) is 41.9 Å². The topological polar surface area (TPSA) is 41.5 Å². The van der Waals surface area contributed by atoms with Crippen LogP contribution in [-0.2, 0) is 12.8 Å². The maximum Gasteiger partial charge on any atom is 0.142 e. The Balaban J connectivity index is 1.51. The van der Waals surface area contributed by atoms with Gasteiger partial charge in [0.2, 0.25) is 0 Å². The lowest BCUT2D eigenvalue weighted by molar-refractivity contribution is 0.413. The highest BCUT2D eigenvalue weighted by Gasteiger charge is 2.25. The zero-order valence-corrected chi connectivity index (χ0v) is 13.5. The summed E-state index contributed by atoms with van der Waals surface area (Å²) in [7, 11) is 1.74. The lowest BCUT2D eigenvalue weighted by Crippen LogP contribution is -2.47. The molecule has 2 aliphatic rings. The van der Waals surface area contributed by atoms with Crippen molar-refractivity contribution in [2.45, 2.75) is 19.3 Å². The third kappa shape index (κ3) is 2.60. The van der Waals surface area contributed by atoms with E-state index in [0.29, 0.717) is 0 Å². The van der Waals surface area contributed by atoms with Crippen LogP contribution in [0.5, 0.6) is 5.75 Å². The van der Waals surface area contributed by atoms with Crippen LogP contribution < -0.4 is 14.5 Å². The molecule has 1 aliphatic carbocycles. The van der Waals surface area contributed by atoms with E-state index >= 15 is 0 Å². The van der Waals surface area contributed by atoms with Crippen molar-refractivity contribution < 1.29 is 4.74 Å². The third-order valence-electron chi connectivity index (χ3n) is 4.86. The molecule has 0 unspecified atom stereocenters. The summed E-state index contributed by atoms with van der Waals surface area (Å²) >= 11 is 0. The molecule has 1 saturated heterocycles. The Morgan fingerprint density at radius 2 is 1.74 bits per heavy atom. The Bertz CT molecular complexity index is 695. The van der Waals surface area contributed by atoms with Crippen LogP contribution in [0.15, 0.2) is 30.6 Å². The second-order valence-corrected chi connectivity index (χ2v) is 6.12. The molecule has 23 heavy (non-hydrogen) atoms. The van der Waals surface area contributed by atoms with E-state index in [4.69, 9.17) is 4.74 Å². The van der Waals surface area contributed by atoms with Gasteiger partial charge in [-0.1, -0.05) is 12.1 Å². The average Bonchev–Trinajstić information content (AvgIpc) is 3.10. The molecular weight excluding hydrogens is 288 g/mol. The van der Waals surface area contributed by atoms with E-state index < -0.39 is 0 Å². The maximum absolute atomic E-state index is 5.49. The molecule has 0 bridgehead atoms. The lowest BCUT2D eigenvalue weighted by atomic mass is 10.2. The quantitative estimate of drug-likeness (QED) is 0.870. The summed E-state index contributed by atoms with van der Waals surface area (Å²) in [6.45, 7) is 3.95. The molecule has 2 heterocycles. The molecule has 4 rings (SSSR count). The van der Waals surface area contributed by atoms with Crippen LogP contribution in [0.2, 0.25) is 0 Å². The van der Waals surface area contributed by atoms with Gasteiger partial charge in [-0.2, -0.15) is 0 Å². The number of anilines is 2. The highest BCUT2D eigenvalue weighted by molar-refractivity contribution is 5.60. The predicted octanol–water partition coefficient (Wildman–Crippen LogP) is 2.30. The van der Waals surface area contributed by atoms with Crippen LogP contribution in [0.25, 0.3) is 0 Å². The Hall–Kier alpha value is -2.30. The average molecular weight is 310 g/mol. The Labute approximate surface area is 136 Å². The minimum Gasteiger partial charge on any atom is -0.495 e. The van der Waals surface area contributed by atoms with Crippen LogP contribution >= 0.6 is 0 Å². The Morgan fingerprint density at radius 1 is 0.957 bits per heavy atom. The molecule has 1 aromatic heterocycles. The molecule has 2 aromatic rings. The number of aromatic nitrogens is 2. The molecular formula is C18H22N4O. The van der Waals surface area contributed by atoms with Crippen LogP contribution in [-0.4, -0.2) is 43.3 Å². The minimum atomic E-state index is 0.948. The van der Waals surface area contributed by atoms with Gasteiger partial charge in [0.05, 0.1) is 12.8 Å². The number of piperazine rings is 1. The monoisotopic (exact) mass is 310 g/mol. The highest BCUT2D eigenvalue weighted by Crippen LogP contribution is 2.31. The van der Waals surface area contributed by atoms with E-state index in [1.165, 1.54) is 23.4 Å². The number of methoxy groups -OCH3 is 1. The van der Waals surface area contributed by atoms with Crippen molar-refractivity contribution in [1.29, 1.82) is 0 Å². The van der Waals surface area contributed by atoms with Crippen LogP contribution in [0.4, 0.5) is 11.5 Å². The number of rotatable bonds is 3. The van der Waals surface area contributed by atoms with Crippen LogP contribution in [0.1, 0.15) is 17.7 Å². The fraction of sp³-hybridized carbons (Fsp3) is 0.444. The van der Waals surface area contributed by atoms with Crippen molar-refractivity contribution in [1.82, 2.24) is 9.97 Å². The second kappa shape index (κ2) is 6.07. The second-order valence-electron chi connectivity index (χ2n) is 6.12. The number of benzene rings is 1. The van der Waals surface area contributed by atoms with Gasteiger partial charge < -0.3 is 14.5 Å². The molecule has 120 valence electrons. The van der Waals surface area contributed by atoms with E-state index in [1.54, 1.807) is 13.4 Å². The van der Waals surface area contributed by atoms with E-state index in [1.807, 2.05) is 12.1 Å². The smallest absolute Gasteiger partial charge is 0.142 e. The number of nitrogens with zero attached hydrogens (tertiary/aromatic N) is 4. The van der Waals surface area contributed by atoms with Gasteiger partial charge in [0.15, 0.2) is 0 Å². The van der Waals surface area contributed by atoms with E-state index in [-0.39, 0.29) is 0 Å².